The standard InChI is InChI=1S/C24H44N6O2S2.4ClH/c25-21(23(31)29-13-9-27(10-14-29)19-5-1-2-6-19)17-33-34-18-22(26)24(32)30-15-11-28(12-16-30)20-7-3-4-8-20;;;;/h19-22H,1-18,25-26H2;4*1H/t21-,22-;;;;/m0..../s1. The molecule has 4 rings (SSSR count). The molecule has 0 aromatic heterocycles. The molecule has 2 heterocycles. The Balaban J connectivity index is 0.00000342. The zero-order chi connectivity index (χ0) is 23.9. The number of hydrogen-bond acceptors (Lipinski definition) is 8. The Bertz CT molecular complexity index is 620. The molecule has 0 spiro atoms. The molecule has 2 aliphatic heterocycles. The molecule has 2 amide bonds. The summed E-state index contributed by atoms with van der Waals surface area (Å²) < 4.78 is 0. The van der Waals surface area contributed by atoms with Crippen molar-refractivity contribution < 1.29 is 9.59 Å². The van der Waals surface area contributed by atoms with E-state index in [0.717, 1.165) is 64.4 Å². The highest BCUT2D eigenvalue weighted by molar-refractivity contribution is 8.76. The molecule has 8 nitrogen and oxygen atoms in total. The molecular weight excluding hydrogens is 610 g/mol. The molecule has 0 aromatic rings. The number of nitrogens with two attached hydrogens (primary N) is 2. The predicted octanol–water partition coefficient (Wildman–Crippen LogP) is 2.88. The van der Waals surface area contributed by atoms with Crippen LogP contribution in [0.25, 0.3) is 0 Å². The second kappa shape index (κ2) is 19.7. The second-order valence-corrected chi connectivity index (χ2v) is 12.9. The van der Waals surface area contributed by atoms with Crippen molar-refractivity contribution in [2.24, 2.45) is 11.5 Å². The maximum atomic E-state index is 12.8. The number of nitrogens with zero attached hydrogens (tertiary/aromatic N) is 4. The van der Waals surface area contributed by atoms with Crippen LogP contribution in [0.2, 0.25) is 0 Å². The highest BCUT2D eigenvalue weighted by Crippen LogP contribution is 2.27. The topological polar surface area (TPSA) is 99.1 Å². The lowest BCUT2D eigenvalue weighted by molar-refractivity contribution is -0.134. The van der Waals surface area contributed by atoms with Crippen molar-refractivity contribution in [2.45, 2.75) is 75.5 Å². The summed E-state index contributed by atoms with van der Waals surface area (Å²) in [6, 6.07) is 0.458. The van der Waals surface area contributed by atoms with Crippen molar-refractivity contribution in [2.75, 3.05) is 63.9 Å². The van der Waals surface area contributed by atoms with Gasteiger partial charge < -0.3 is 21.3 Å². The van der Waals surface area contributed by atoms with Crippen molar-refractivity contribution in [3.05, 3.63) is 0 Å². The molecule has 2 saturated heterocycles. The van der Waals surface area contributed by atoms with Crippen LogP contribution in [0.1, 0.15) is 51.4 Å². The van der Waals surface area contributed by atoms with Crippen LogP contribution in [0.5, 0.6) is 0 Å². The van der Waals surface area contributed by atoms with Gasteiger partial charge in [0.25, 0.3) is 0 Å². The summed E-state index contributed by atoms with van der Waals surface area (Å²) in [4.78, 5) is 34.5. The zero-order valence-corrected chi connectivity index (χ0v) is 27.1. The van der Waals surface area contributed by atoms with Crippen LogP contribution in [-0.2, 0) is 9.59 Å². The third kappa shape index (κ3) is 10.8. The van der Waals surface area contributed by atoms with Crippen molar-refractivity contribution in [1.29, 1.82) is 0 Å². The van der Waals surface area contributed by atoms with Crippen LogP contribution in [-0.4, -0.2) is 119 Å². The van der Waals surface area contributed by atoms with E-state index < -0.39 is 12.1 Å². The molecule has 2 aliphatic carbocycles. The van der Waals surface area contributed by atoms with Gasteiger partial charge in [-0.2, -0.15) is 0 Å². The molecule has 38 heavy (non-hydrogen) atoms. The van der Waals surface area contributed by atoms with Crippen LogP contribution in [0, 0.1) is 0 Å². The van der Waals surface area contributed by atoms with Crippen LogP contribution >= 0.6 is 71.2 Å². The van der Waals surface area contributed by atoms with E-state index in [1.165, 1.54) is 51.4 Å². The monoisotopic (exact) mass is 656 g/mol. The van der Waals surface area contributed by atoms with E-state index >= 15 is 0 Å². The number of carbonyl (C=O) groups is 2. The Hall–Kier alpha value is 0.640. The highest BCUT2D eigenvalue weighted by atomic mass is 35.5. The fourth-order valence-corrected chi connectivity index (χ4v) is 8.24. The highest BCUT2D eigenvalue weighted by Gasteiger charge is 2.31. The van der Waals surface area contributed by atoms with E-state index in [2.05, 4.69) is 9.80 Å². The van der Waals surface area contributed by atoms with Crippen molar-refractivity contribution in [1.82, 2.24) is 19.6 Å². The van der Waals surface area contributed by atoms with Gasteiger partial charge in [-0.15, -0.1) is 49.6 Å². The largest absolute Gasteiger partial charge is 0.339 e. The van der Waals surface area contributed by atoms with E-state index in [-0.39, 0.29) is 61.4 Å². The zero-order valence-electron chi connectivity index (χ0n) is 22.2. The molecule has 0 aromatic carbocycles. The number of rotatable bonds is 9. The summed E-state index contributed by atoms with van der Waals surface area (Å²) in [5.74, 6) is 1.21. The second-order valence-electron chi connectivity index (χ2n) is 10.4. The third-order valence-corrected chi connectivity index (χ3v) is 10.6. The van der Waals surface area contributed by atoms with Gasteiger partial charge in [0.15, 0.2) is 0 Å². The van der Waals surface area contributed by atoms with Crippen LogP contribution in [0.3, 0.4) is 0 Å². The van der Waals surface area contributed by atoms with Crippen LogP contribution < -0.4 is 11.5 Å². The molecule has 4 fully saturated rings. The summed E-state index contributed by atoms with van der Waals surface area (Å²) in [7, 11) is 3.12. The fraction of sp³-hybridized carbons (Fsp3) is 0.917. The molecule has 0 bridgehead atoms. The van der Waals surface area contributed by atoms with Gasteiger partial charge in [-0.3, -0.25) is 19.4 Å². The van der Waals surface area contributed by atoms with Gasteiger partial charge in [-0.25, -0.2) is 0 Å². The smallest absolute Gasteiger partial charge is 0.240 e. The Labute approximate surface area is 261 Å². The third-order valence-electron chi connectivity index (χ3n) is 8.15. The summed E-state index contributed by atoms with van der Waals surface area (Å²) in [6.45, 7) is 7.02. The number of amides is 2. The lowest BCUT2D eigenvalue weighted by Gasteiger charge is -2.39. The predicted molar refractivity (Wildman–Crippen MR) is 171 cm³/mol. The Morgan fingerprint density at radius 3 is 1.16 bits per heavy atom. The van der Waals surface area contributed by atoms with E-state index in [9.17, 15) is 9.59 Å². The van der Waals surface area contributed by atoms with Gasteiger partial charge in [0.05, 0.1) is 12.1 Å². The Morgan fingerprint density at radius 1 is 0.579 bits per heavy atom. The lowest BCUT2D eigenvalue weighted by atomic mass is 10.1. The summed E-state index contributed by atoms with van der Waals surface area (Å²) in [6.07, 6.45) is 10.6. The van der Waals surface area contributed by atoms with E-state index in [1.807, 2.05) is 9.80 Å². The lowest BCUT2D eigenvalue weighted by Crippen LogP contribution is -2.55. The fourth-order valence-electron chi connectivity index (χ4n) is 6.01. The van der Waals surface area contributed by atoms with Crippen molar-refractivity contribution >= 4 is 83.0 Å². The Kier molecular flexibility index (Phi) is 20.0. The van der Waals surface area contributed by atoms with Crippen molar-refractivity contribution in [3.63, 3.8) is 0 Å². The molecule has 0 radical (unpaired) electrons. The average molecular weight is 659 g/mol. The first-order valence-corrected chi connectivity index (χ1v) is 15.8. The minimum absolute atomic E-state index is 0. The first-order chi connectivity index (χ1) is 16.5. The molecule has 226 valence electrons. The summed E-state index contributed by atoms with van der Waals surface area (Å²) in [5, 5.41) is 0. The van der Waals surface area contributed by atoms with Gasteiger partial charge in [-0.05, 0) is 25.7 Å². The number of piperazine rings is 2. The first kappa shape index (κ1) is 38.6. The molecule has 2 saturated carbocycles. The Morgan fingerprint density at radius 2 is 0.868 bits per heavy atom. The first-order valence-electron chi connectivity index (χ1n) is 13.3. The maximum absolute atomic E-state index is 12.8. The summed E-state index contributed by atoms with van der Waals surface area (Å²) >= 11 is 0. The molecule has 4 N–H and O–H groups in total. The van der Waals surface area contributed by atoms with Crippen LogP contribution in [0.15, 0.2) is 0 Å². The van der Waals surface area contributed by atoms with Gasteiger partial charge in [-0.1, -0.05) is 47.3 Å². The van der Waals surface area contributed by atoms with Gasteiger partial charge in [0, 0.05) is 75.9 Å². The number of carbonyl (C=O) groups excluding carboxylic acids is 2. The van der Waals surface area contributed by atoms with Gasteiger partial charge in [0.1, 0.15) is 0 Å². The van der Waals surface area contributed by atoms with E-state index in [1.54, 1.807) is 21.6 Å². The quantitative estimate of drug-likeness (QED) is 0.289. The van der Waals surface area contributed by atoms with Crippen LogP contribution in [0.4, 0.5) is 0 Å². The number of hydrogen-bond donors (Lipinski definition) is 2. The number of halogens is 4. The van der Waals surface area contributed by atoms with E-state index in [0.29, 0.717) is 11.5 Å². The minimum atomic E-state index is -0.494. The molecule has 0 unspecified atom stereocenters. The molecule has 4 aliphatic rings. The molecular formula is C24H48Cl4N6O2S2. The molecule has 14 heteroatoms. The molecule has 2 atom stereocenters. The maximum Gasteiger partial charge on any atom is 0.240 e. The van der Waals surface area contributed by atoms with E-state index in [4.69, 9.17) is 11.5 Å². The van der Waals surface area contributed by atoms with Gasteiger partial charge in [0.2, 0.25) is 11.8 Å². The minimum Gasteiger partial charge on any atom is -0.339 e. The van der Waals surface area contributed by atoms with Gasteiger partial charge >= 0.3 is 0 Å². The SMILES string of the molecule is Cl.Cl.Cl.Cl.N[C@@H](CSSC[C@H](N)C(=O)N1CCN(C2CCCC2)CC1)C(=O)N1CCN(C2CCCC2)CC1. The normalized spacial score (nSPS) is 23.0. The summed E-state index contributed by atoms with van der Waals surface area (Å²) in [5.41, 5.74) is 12.4. The average Bonchev–Trinajstić information content (AvgIpc) is 3.60. The van der Waals surface area contributed by atoms with Crippen molar-refractivity contribution in [3.8, 4) is 0 Å².